The summed E-state index contributed by atoms with van der Waals surface area (Å²) in [4.78, 5) is 22.8. The molecular weight excluding hydrogens is 235 g/mol. The van der Waals surface area contributed by atoms with Crippen molar-refractivity contribution in [3.05, 3.63) is 35.9 Å². The summed E-state index contributed by atoms with van der Waals surface area (Å²) in [6, 6.07) is 8.67. The zero-order chi connectivity index (χ0) is 13.4. The number of hydrogen-bond acceptors (Lipinski definition) is 2. The molecule has 0 aliphatic heterocycles. The number of carbonyl (C=O) groups is 2. The van der Waals surface area contributed by atoms with Gasteiger partial charge in [0.2, 0.25) is 11.8 Å². The van der Waals surface area contributed by atoms with E-state index in [1.54, 1.807) is 0 Å². The molecule has 1 aromatic rings. The summed E-state index contributed by atoms with van der Waals surface area (Å²) in [5.41, 5.74) is 0.937. The molecule has 0 radical (unpaired) electrons. The maximum atomic E-state index is 12.0. The molecule has 1 rings (SSSR count). The van der Waals surface area contributed by atoms with Crippen LogP contribution >= 0.6 is 0 Å². The number of carbonyl (C=O) groups excluding carboxylic acids is 2. The zero-order valence-corrected chi connectivity index (χ0v) is 10.3. The van der Waals surface area contributed by atoms with Crippen LogP contribution in [0.15, 0.2) is 30.3 Å². The van der Waals surface area contributed by atoms with E-state index in [9.17, 15) is 14.0 Å². The minimum atomic E-state index is -0.670. The number of benzene rings is 1. The highest BCUT2D eigenvalue weighted by Gasteiger charge is 2.19. The molecule has 2 amide bonds. The van der Waals surface area contributed by atoms with E-state index in [-0.39, 0.29) is 18.4 Å². The van der Waals surface area contributed by atoms with Gasteiger partial charge in [0.1, 0.15) is 12.7 Å². The lowest BCUT2D eigenvalue weighted by molar-refractivity contribution is -0.128. The van der Waals surface area contributed by atoms with Gasteiger partial charge in [-0.2, -0.15) is 0 Å². The molecule has 0 saturated heterocycles. The largest absolute Gasteiger partial charge is 0.352 e. The van der Waals surface area contributed by atoms with Gasteiger partial charge in [0.05, 0.1) is 0 Å². The summed E-state index contributed by atoms with van der Waals surface area (Å²) < 4.78 is 12.0. The summed E-state index contributed by atoms with van der Waals surface area (Å²) in [7, 11) is 0. The predicted molar refractivity (Wildman–Crippen MR) is 66.7 cm³/mol. The third kappa shape index (κ3) is 4.95. The van der Waals surface area contributed by atoms with E-state index in [0.29, 0.717) is 6.42 Å². The molecule has 0 saturated carbocycles. The van der Waals surface area contributed by atoms with Gasteiger partial charge in [0.25, 0.3) is 0 Å². The summed E-state index contributed by atoms with van der Waals surface area (Å²) in [6.45, 7) is 0.688. The van der Waals surface area contributed by atoms with Crippen molar-refractivity contribution in [2.24, 2.45) is 0 Å². The summed E-state index contributed by atoms with van der Waals surface area (Å²) in [6.07, 6.45) is 0.387. The van der Waals surface area contributed by atoms with E-state index in [1.165, 1.54) is 6.92 Å². The average molecular weight is 252 g/mol. The lowest BCUT2D eigenvalue weighted by Gasteiger charge is -2.17. The van der Waals surface area contributed by atoms with Crippen LogP contribution in [0.1, 0.15) is 12.5 Å². The number of nitrogens with one attached hydrogen (secondary N) is 2. The Kier molecular flexibility index (Phi) is 5.84. The highest BCUT2D eigenvalue weighted by Crippen LogP contribution is 2.03. The molecule has 0 aromatic heterocycles. The molecule has 0 aliphatic rings. The molecule has 0 spiro atoms. The van der Waals surface area contributed by atoms with Gasteiger partial charge in [-0.05, 0) is 5.56 Å². The molecule has 0 aliphatic carbocycles. The summed E-state index contributed by atoms with van der Waals surface area (Å²) in [5.74, 6) is -0.655. The molecule has 1 atom stereocenters. The van der Waals surface area contributed by atoms with Crippen molar-refractivity contribution < 1.29 is 14.0 Å². The number of amides is 2. The van der Waals surface area contributed by atoms with E-state index in [2.05, 4.69) is 10.6 Å². The SMILES string of the molecule is CC(=O)N[C@H](Cc1ccccc1)C(=O)NCCF. The molecule has 0 heterocycles. The van der Waals surface area contributed by atoms with Crippen LogP contribution in [0.4, 0.5) is 4.39 Å². The second-order valence-corrected chi connectivity index (χ2v) is 3.92. The highest BCUT2D eigenvalue weighted by molar-refractivity contribution is 5.87. The Balaban J connectivity index is 2.66. The fourth-order valence-electron chi connectivity index (χ4n) is 1.60. The van der Waals surface area contributed by atoms with Gasteiger partial charge in [-0.3, -0.25) is 9.59 Å². The lowest BCUT2D eigenvalue weighted by Crippen LogP contribution is -2.47. The molecule has 2 N–H and O–H groups in total. The van der Waals surface area contributed by atoms with Crippen LogP contribution < -0.4 is 10.6 Å². The molecule has 4 nitrogen and oxygen atoms in total. The zero-order valence-electron chi connectivity index (χ0n) is 10.3. The van der Waals surface area contributed by atoms with E-state index >= 15 is 0 Å². The van der Waals surface area contributed by atoms with Crippen molar-refractivity contribution in [1.29, 1.82) is 0 Å². The molecule has 0 fully saturated rings. The van der Waals surface area contributed by atoms with Crippen LogP contribution in [0.5, 0.6) is 0 Å². The number of alkyl halides is 1. The molecule has 1 aromatic carbocycles. The quantitative estimate of drug-likeness (QED) is 0.787. The number of hydrogen-bond donors (Lipinski definition) is 2. The normalized spacial score (nSPS) is 11.7. The van der Waals surface area contributed by atoms with Crippen LogP contribution in [0.25, 0.3) is 0 Å². The molecule has 0 unspecified atom stereocenters. The second kappa shape index (κ2) is 7.42. The van der Waals surface area contributed by atoms with Crippen LogP contribution in [0.3, 0.4) is 0 Å². The second-order valence-electron chi connectivity index (χ2n) is 3.92. The van der Waals surface area contributed by atoms with Gasteiger partial charge >= 0.3 is 0 Å². The first-order valence-electron chi connectivity index (χ1n) is 5.78. The Hall–Kier alpha value is -1.91. The van der Waals surface area contributed by atoms with Crippen molar-refractivity contribution in [3.8, 4) is 0 Å². The molecular formula is C13H17FN2O2. The van der Waals surface area contributed by atoms with Crippen LogP contribution in [0.2, 0.25) is 0 Å². The van der Waals surface area contributed by atoms with Crippen LogP contribution in [0, 0.1) is 0 Å². The van der Waals surface area contributed by atoms with Crippen LogP contribution in [-0.2, 0) is 16.0 Å². The van der Waals surface area contributed by atoms with Gasteiger partial charge in [-0.15, -0.1) is 0 Å². The first-order valence-corrected chi connectivity index (χ1v) is 5.78. The maximum Gasteiger partial charge on any atom is 0.243 e. The van der Waals surface area contributed by atoms with Crippen molar-refractivity contribution in [2.75, 3.05) is 13.2 Å². The topological polar surface area (TPSA) is 58.2 Å². The summed E-state index contributed by atoms with van der Waals surface area (Å²) in [5, 5.41) is 4.99. The third-order valence-electron chi connectivity index (χ3n) is 2.37. The van der Waals surface area contributed by atoms with Crippen molar-refractivity contribution in [2.45, 2.75) is 19.4 Å². The van der Waals surface area contributed by atoms with E-state index < -0.39 is 12.7 Å². The minimum Gasteiger partial charge on any atom is -0.352 e. The monoisotopic (exact) mass is 252 g/mol. The van der Waals surface area contributed by atoms with Crippen molar-refractivity contribution in [3.63, 3.8) is 0 Å². The van der Waals surface area contributed by atoms with Gasteiger partial charge in [-0.25, -0.2) is 4.39 Å². The number of rotatable bonds is 6. The minimum absolute atomic E-state index is 0.0380. The molecule has 5 heteroatoms. The Morgan fingerprint density at radius 1 is 1.28 bits per heavy atom. The van der Waals surface area contributed by atoms with E-state index in [4.69, 9.17) is 0 Å². The van der Waals surface area contributed by atoms with E-state index in [1.807, 2.05) is 30.3 Å². The van der Waals surface area contributed by atoms with Gasteiger partial charge in [0.15, 0.2) is 0 Å². The van der Waals surface area contributed by atoms with Crippen LogP contribution in [-0.4, -0.2) is 31.1 Å². The molecule has 98 valence electrons. The number of halogens is 1. The van der Waals surface area contributed by atoms with Crippen molar-refractivity contribution in [1.82, 2.24) is 10.6 Å². The highest BCUT2D eigenvalue weighted by atomic mass is 19.1. The Bertz CT molecular complexity index is 395. The van der Waals surface area contributed by atoms with E-state index in [0.717, 1.165) is 5.56 Å². The Morgan fingerprint density at radius 2 is 1.94 bits per heavy atom. The van der Waals surface area contributed by atoms with Gasteiger partial charge in [-0.1, -0.05) is 30.3 Å². The summed E-state index contributed by atoms with van der Waals surface area (Å²) >= 11 is 0. The standard InChI is InChI=1S/C13H17FN2O2/c1-10(17)16-12(13(18)15-8-7-14)9-11-5-3-2-4-6-11/h2-6,12H,7-9H2,1H3,(H,15,18)(H,16,17)/t12-/m1/s1. The molecule has 18 heavy (non-hydrogen) atoms. The fourth-order valence-corrected chi connectivity index (χ4v) is 1.60. The average Bonchev–Trinajstić information content (AvgIpc) is 2.36. The van der Waals surface area contributed by atoms with Gasteiger partial charge in [0, 0.05) is 19.9 Å². The Morgan fingerprint density at radius 3 is 2.50 bits per heavy atom. The van der Waals surface area contributed by atoms with Crippen molar-refractivity contribution >= 4 is 11.8 Å². The Labute approximate surface area is 106 Å². The first-order chi connectivity index (χ1) is 8.63. The lowest BCUT2D eigenvalue weighted by atomic mass is 10.1. The fraction of sp³-hybridized carbons (Fsp3) is 0.385. The smallest absolute Gasteiger partial charge is 0.243 e. The first kappa shape index (κ1) is 14.2. The van der Waals surface area contributed by atoms with Gasteiger partial charge < -0.3 is 10.6 Å². The third-order valence-corrected chi connectivity index (χ3v) is 2.37. The predicted octanol–water partition coefficient (Wildman–Crippen LogP) is 0.819. The molecule has 0 bridgehead atoms. The maximum absolute atomic E-state index is 12.0.